The van der Waals surface area contributed by atoms with Crippen LogP contribution < -0.4 is 0 Å². The summed E-state index contributed by atoms with van der Waals surface area (Å²) in [6.45, 7) is 4.92. The number of Topliss-reactive ketones (excluding diaryl/α,β-unsaturated/α-hetero) is 1. The van der Waals surface area contributed by atoms with Gasteiger partial charge in [-0.25, -0.2) is 4.79 Å². The van der Waals surface area contributed by atoms with Crippen molar-refractivity contribution in [3.8, 4) is 0 Å². The first-order valence-corrected chi connectivity index (χ1v) is 8.66. The molecule has 0 heterocycles. The van der Waals surface area contributed by atoms with E-state index < -0.39 is 19.3 Å². The van der Waals surface area contributed by atoms with Crippen LogP contribution in [0.3, 0.4) is 0 Å². The van der Waals surface area contributed by atoms with E-state index in [9.17, 15) is 14.2 Å². The Labute approximate surface area is 123 Å². The number of carbonyl (C=O) groups excluding carboxylic acids is 2. The van der Waals surface area contributed by atoms with Crippen molar-refractivity contribution in [2.24, 2.45) is 4.99 Å². The molecule has 0 radical (unpaired) electrons. The molecule has 0 aliphatic rings. The molecule has 0 spiro atoms. The van der Waals surface area contributed by atoms with Crippen molar-refractivity contribution in [3.05, 3.63) is 0 Å². The van der Waals surface area contributed by atoms with Crippen LogP contribution in [0, 0.1) is 0 Å². The molecule has 0 aromatic heterocycles. The highest BCUT2D eigenvalue weighted by Crippen LogP contribution is 2.53. The Kier molecular flexibility index (Phi) is 9.75. The van der Waals surface area contributed by atoms with Crippen molar-refractivity contribution in [2.45, 2.75) is 26.6 Å². The van der Waals surface area contributed by atoms with Crippen LogP contribution in [0.5, 0.6) is 0 Å². The molecule has 9 heteroatoms. The Hall–Kier alpha value is -0.690. The number of hydrogen-bond donors (Lipinski definition) is 0. The molecule has 0 bridgehead atoms. The lowest BCUT2D eigenvalue weighted by molar-refractivity contribution is -0.140. The fraction of sp³-hybridized carbons (Fsp3) is 0.727. The van der Waals surface area contributed by atoms with Crippen LogP contribution in [0.4, 0.5) is 0 Å². The molecular weight excluding hydrogens is 305 g/mol. The fourth-order valence-corrected chi connectivity index (χ4v) is 3.45. The summed E-state index contributed by atoms with van der Waals surface area (Å²) < 4.78 is 27.2. The van der Waals surface area contributed by atoms with E-state index in [0.29, 0.717) is 0 Å². The molecule has 1 unspecified atom stereocenters. The molecule has 0 aliphatic carbocycles. The zero-order valence-electron chi connectivity index (χ0n) is 12.0. The van der Waals surface area contributed by atoms with Gasteiger partial charge in [-0.3, -0.25) is 14.4 Å². The lowest BCUT2D eigenvalue weighted by Crippen LogP contribution is -2.23. The highest BCUT2D eigenvalue weighted by molar-refractivity contribution is 8.12. The summed E-state index contributed by atoms with van der Waals surface area (Å²) in [6.07, 6.45) is 0. The first-order chi connectivity index (χ1) is 9.41. The standard InChI is InChI=1S/C11H20NO6PS/c1-5-17-19(15,18-6-2)10(11(14)16-4)12-8-20-7-9(3)13/h8,10H,5-7H2,1-4H3. The Morgan fingerprint density at radius 2 is 1.85 bits per heavy atom. The second-order valence-corrected chi connectivity index (χ2v) is 6.46. The zero-order chi connectivity index (χ0) is 15.6. The third-order valence-corrected chi connectivity index (χ3v) is 4.92. The lowest BCUT2D eigenvalue weighted by atomic mass is 10.5. The summed E-state index contributed by atoms with van der Waals surface area (Å²) >= 11 is 1.09. The van der Waals surface area contributed by atoms with Crippen molar-refractivity contribution in [1.82, 2.24) is 0 Å². The third kappa shape index (κ3) is 6.65. The van der Waals surface area contributed by atoms with Gasteiger partial charge < -0.3 is 13.8 Å². The van der Waals surface area contributed by atoms with Crippen molar-refractivity contribution >= 4 is 36.7 Å². The predicted molar refractivity (Wildman–Crippen MR) is 78.3 cm³/mol. The maximum atomic E-state index is 12.5. The molecule has 0 saturated carbocycles. The number of carbonyl (C=O) groups is 2. The Morgan fingerprint density at radius 3 is 2.25 bits per heavy atom. The Balaban J connectivity index is 5.05. The number of rotatable bonds is 10. The molecule has 20 heavy (non-hydrogen) atoms. The van der Waals surface area contributed by atoms with Crippen LogP contribution in [0.2, 0.25) is 0 Å². The Bertz CT molecular complexity index is 390. The van der Waals surface area contributed by atoms with Crippen LogP contribution in [0.25, 0.3) is 0 Å². The minimum absolute atomic E-state index is 0.0335. The van der Waals surface area contributed by atoms with Crippen LogP contribution in [-0.2, 0) is 27.9 Å². The van der Waals surface area contributed by atoms with Crippen molar-refractivity contribution < 1.29 is 27.9 Å². The first kappa shape index (κ1) is 19.3. The van der Waals surface area contributed by atoms with Crippen LogP contribution in [0.15, 0.2) is 4.99 Å². The number of methoxy groups -OCH3 is 1. The monoisotopic (exact) mass is 325 g/mol. The van der Waals surface area contributed by atoms with Gasteiger partial charge in [-0.15, -0.1) is 11.8 Å². The quantitative estimate of drug-likeness (QED) is 0.263. The van der Waals surface area contributed by atoms with E-state index >= 15 is 0 Å². The van der Waals surface area contributed by atoms with E-state index in [1.54, 1.807) is 13.8 Å². The second kappa shape index (κ2) is 10.1. The van der Waals surface area contributed by atoms with E-state index in [0.717, 1.165) is 18.9 Å². The Morgan fingerprint density at radius 1 is 1.30 bits per heavy atom. The molecule has 0 aromatic rings. The molecule has 1 atom stereocenters. The maximum Gasteiger partial charge on any atom is 0.366 e. The van der Waals surface area contributed by atoms with E-state index in [2.05, 4.69) is 9.73 Å². The van der Waals surface area contributed by atoms with Gasteiger partial charge in [-0.05, 0) is 20.8 Å². The van der Waals surface area contributed by atoms with E-state index in [4.69, 9.17) is 9.05 Å². The highest BCUT2D eigenvalue weighted by atomic mass is 32.2. The van der Waals surface area contributed by atoms with E-state index in [1.807, 2.05) is 0 Å². The maximum absolute atomic E-state index is 12.5. The average molecular weight is 325 g/mol. The molecule has 0 aromatic carbocycles. The summed E-state index contributed by atoms with van der Waals surface area (Å²) in [7, 11) is -2.57. The van der Waals surface area contributed by atoms with Crippen molar-refractivity contribution in [2.75, 3.05) is 26.1 Å². The number of esters is 1. The minimum Gasteiger partial charge on any atom is -0.467 e. The molecule has 0 saturated heterocycles. The van der Waals surface area contributed by atoms with E-state index in [1.165, 1.54) is 12.5 Å². The van der Waals surface area contributed by atoms with Gasteiger partial charge in [-0.1, -0.05) is 0 Å². The van der Waals surface area contributed by atoms with Gasteiger partial charge >= 0.3 is 13.6 Å². The van der Waals surface area contributed by atoms with Gasteiger partial charge in [0.25, 0.3) is 0 Å². The number of ketones is 1. The summed E-state index contributed by atoms with van der Waals surface area (Å²) in [5.74, 6) is -2.01. The summed E-state index contributed by atoms with van der Waals surface area (Å²) in [4.78, 5) is 26.4. The zero-order valence-corrected chi connectivity index (χ0v) is 13.7. The molecular formula is C11H20NO6PS. The van der Waals surface area contributed by atoms with Gasteiger partial charge in [0, 0.05) is 0 Å². The number of thioether (sulfide) groups is 1. The summed E-state index contributed by atoms with van der Waals surface area (Å²) in [6, 6.07) is 0. The van der Waals surface area contributed by atoms with Gasteiger partial charge in [0.1, 0.15) is 5.78 Å². The SMILES string of the molecule is CCOP(=O)(OCC)C(N=CSCC(C)=O)C(=O)OC. The first-order valence-electron chi connectivity index (χ1n) is 6.00. The van der Waals surface area contributed by atoms with Gasteiger partial charge in [0.2, 0.25) is 5.78 Å². The fourth-order valence-electron chi connectivity index (χ4n) is 1.17. The molecule has 7 nitrogen and oxygen atoms in total. The predicted octanol–water partition coefficient (Wildman–Crippen LogP) is 2.10. The molecule has 0 fully saturated rings. The molecule has 0 N–H and O–H groups in total. The third-order valence-electron chi connectivity index (χ3n) is 1.89. The van der Waals surface area contributed by atoms with Crippen molar-refractivity contribution in [1.29, 1.82) is 0 Å². The largest absolute Gasteiger partial charge is 0.467 e. The van der Waals surface area contributed by atoms with Crippen LogP contribution >= 0.6 is 19.4 Å². The molecule has 0 aliphatic heterocycles. The molecule has 0 rings (SSSR count). The van der Waals surface area contributed by atoms with Gasteiger partial charge in [0.05, 0.1) is 31.6 Å². The lowest BCUT2D eigenvalue weighted by Gasteiger charge is -2.21. The number of aliphatic imine (C=N–C) groups is 1. The molecule has 116 valence electrons. The molecule has 0 amide bonds. The topological polar surface area (TPSA) is 91.3 Å². The number of ether oxygens (including phenoxy) is 1. The summed E-state index contributed by atoms with van der Waals surface area (Å²) in [5.41, 5.74) is 1.29. The average Bonchev–Trinajstić information content (AvgIpc) is 2.38. The van der Waals surface area contributed by atoms with Crippen LogP contribution in [-0.4, -0.2) is 49.2 Å². The van der Waals surface area contributed by atoms with Crippen LogP contribution in [0.1, 0.15) is 20.8 Å². The number of hydrogen-bond acceptors (Lipinski definition) is 8. The smallest absolute Gasteiger partial charge is 0.366 e. The number of nitrogens with zero attached hydrogens (tertiary/aromatic N) is 1. The second-order valence-electron chi connectivity index (χ2n) is 3.54. The normalized spacial score (nSPS) is 13.4. The summed E-state index contributed by atoms with van der Waals surface area (Å²) in [5, 5.41) is 0. The van der Waals surface area contributed by atoms with Gasteiger partial charge in [0.15, 0.2) is 0 Å². The van der Waals surface area contributed by atoms with Gasteiger partial charge in [-0.2, -0.15) is 0 Å². The van der Waals surface area contributed by atoms with Crippen molar-refractivity contribution in [3.63, 3.8) is 0 Å². The van der Waals surface area contributed by atoms with E-state index in [-0.39, 0.29) is 24.7 Å². The highest BCUT2D eigenvalue weighted by Gasteiger charge is 2.41. The minimum atomic E-state index is -3.74.